The summed E-state index contributed by atoms with van der Waals surface area (Å²) in [4.78, 5) is 13.5. The summed E-state index contributed by atoms with van der Waals surface area (Å²) in [5.74, 6) is -0.665. The van der Waals surface area contributed by atoms with Gasteiger partial charge in [0.05, 0.1) is 58.2 Å². The molecule has 0 radical (unpaired) electrons. The first-order valence-corrected chi connectivity index (χ1v) is 13.6. The molecule has 0 aliphatic carbocycles. The number of halogens is 2. The van der Waals surface area contributed by atoms with Crippen molar-refractivity contribution >= 4 is 17.3 Å². The lowest BCUT2D eigenvalue weighted by atomic mass is 10.0. The van der Waals surface area contributed by atoms with Gasteiger partial charge in [0.2, 0.25) is 5.95 Å². The minimum Gasteiger partial charge on any atom is -0.495 e. The SMILES string of the molecule is COc1cc(Nc2ncc(OCc3c(F)c(OC)cc(OC)c3F)cn2)ccc1N1CCC(N2CCOCC2)CC1. The Morgan fingerprint density at radius 3 is 2.12 bits per heavy atom. The van der Waals surface area contributed by atoms with E-state index in [1.54, 1.807) is 7.11 Å². The topological polar surface area (TPSA) is 90.4 Å². The molecule has 0 bridgehead atoms. The van der Waals surface area contributed by atoms with E-state index in [1.807, 2.05) is 18.2 Å². The van der Waals surface area contributed by atoms with Crippen molar-refractivity contribution in [1.82, 2.24) is 14.9 Å². The quantitative estimate of drug-likeness (QED) is 0.378. The Morgan fingerprint density at radius 1 is 0.878 bits per heavy atom. The van der Waals surface area contributed by atoms with Crippen molar-refractivity contribution in [1.29, 1.82) is 0 Å². The van der Waals surface area contributed by atoms with E-state index in [0.717, 1.165) is 75.4 Å². The fraction of sp³-hybridized carbons (Fsp3) is 0.448. The Labute approximate surface area is 238 Å². The molecule has 0 saturated carbocycles. The van der Waals surface area contributed by atoms with Crippen LogP contribution in [0.1, 0.15) is 18.4 Å². The van der Waals surface area contributed by atoms with Crippen molar-refractivity contribution < 1.29 is 32.5 Å². The molecule has 2 aliphatic rings. The molecule has 41 heavy (non-hydrogen) atoms. The van der Waals surface area contributed by atoms with Crippen LogP contribution in [0.25, 0.3) is 0 Å². The highest BCUT2D eigenvalue weighted by atomic mass is 19.1. The van der Waals surface area contributed by atoms with Crippen LogP contribution in [-0.4, -0.2) is 81.6 Å². The highest BCUT2D eigenvalue weighted by Crippen LogP contribution is 2.35. The molecule has 1 N–H and O–H groups in total. The highest BCUT2D eigenvalue weighted by Gasteiger charge is 2.27. The van der Waals surface area contributed by atoms with E-state index in [9.17, 15) is 8.78 Å². The van der Waals surface area contributed by atoms with Gasteiger partial charge in [0, 0.05) is 50.0 Å². The molecule has 5 rings (SSSR count). The van der Waals surface area contributed by atoms with E-state index in [1.165, 1.54) is 26.6 Å². The molecule has 2 aliphatic heterocycles. The number of benzene rings is 2. The van der Waals surface area contributed by atoms with Gasteiger partial charge in [-0.05, 0) is 25.0 Å². The summed E-state index contributed by atoms with van der Waals surface area (Å²) in [6.07, 6.45) is 5.06. The largest absolute Gasteiger partial charge is 0.495 e. The Morgan fingerprint density at radius 2 is 1.51 bits per heavy atom. The molecule has 10 nitrogen and oxygen atoms in total. The van der Waals surface area contributed by atoms with Gasteiger partial charge in [0.25, 0.3) is 0 Å². The molecule has 3 heterocycles. The number of piperidine rings is 1. The van der Waals surface area contributed by atoms with Crippen molar-refractivity contribution in [3.63, 3.8) is 0 Å². The summed E-state index contributed by atoms with van der Waals surface area (Å²) >= 11 is 0. The van der Waals surface area contributed by atoms with Crippen LogP contribution in [0.3, 0.4) is 0 Å². The number of hydrogen-bond donors (Lipinski definition) is 1. The van der Waals surface area contributed by atoms with Crippen LogP contribution >= 0.6 is 0 Å². The standard InChI is InChI=1S/C29H35F2N5O5/c1-37-24-14-19(4-5-23(24)36-8-6-20(7-9-36)35-10-12-40-13-11-35)34-29-32-16-21(17-33-29)41-18-22-27(30)25(38-2)15-26(39-3)28(22)31/h4-5,14-17,20H,6-13,18H2,1-3H3,(H,32,33,34). The highest BCUT2D eigenvalue weighted by molar-refractivity contribution is 5.67. The Hall–Kier alpha value is -3.90. The molecule has 1 aromatic heterocycles. The maximum Gasteiger partial charge on any atom is 0.227 e. The first-order valence-electron chi connectivity index (χ1n) is 13.6. The predicted molar refractivity (Wildman–Crippen MR) is 150 cm³/mol. The third-order valence-electron chi connectivity index (χ3n) is 7.48. The Bertz CT molecular complexity index is 1290. The molecule has 2 saturated heterocycles. The van der Waals surface area contributed by atoms with Gasteiger partial charge >= 0.3 is 0 Å². The molecule has 220 valence electrons. The number of nitrogens with one attached hydrogen (secondary N) is 1. The lowest BCUT2D eigenvalue weighted by Gasteiger charge is -2.41. The number of rotatable bonds is 10. The van der Waals surface area contributed by atoms with E-state index in [2.05, 4.69) is 25.1 Å². The van der Waals surface area contributed by atoms with Gasteiger partial charge in [0.15, 0.2) is 28.9 Å². The lowest BCUT2D eigenvalue weighted by Crippen LogP contribution is -2.49. The van der Waals surface area contributed by atoms with Crippen LogP contribution in [0.2, 0.25) is 0 Å². The van der Waals surface area contributed by atoms with Crippen LogP contribution in [-0.2, 0) is 11.3 Å². The minimum absolute atomic E-state index is 0.142. The van der Waals surface area contributed by atoms with Crippen LogP contribution in [0.5, 0.6) is 23.0 Å². The van der Waals surface area contributed by atoms with Crippen molar-refractivity contribution in [2.24, 2.45) is 0 Å². The summed E-state index contributed by atoms with van der Waals surface area (Å²) in [5, 5.41) is 3.16. The third kappa shape index (κ3) is 6.54. The van der Waals surface area contributed by atoms with E-state index in [0.29, 0.717) is 12.0 Å². The number of aromatic nitrogens is 2. The second-order valence-electron chi connectivity index (χ2n) is 9.80. The maximum atomic E-state index is 14.6. The van der Waals surface area contributed by atoms with Crippen LogP contribution in [0.4, 0.5) is 26.1 Å². The van der Waals surface area contributed by atoms with Crippen molar-refractivity contribution in [2.45, 2.75) is 25.5 Å². The Kier molecular flexibility index (Phi) is 9.20. The van der Waals surface area contributed by atoms with Gasteiger partial charge in [-0.15, -0.1) is 0 Å². The van der Waals surface area contributed by atoms with Gasteiger partial charge in [-0.25, -0.2) is 18.7 Å². The van der Waals surface area contributed by atoms with Crippen LogP contribution < -0.4 is 29.2 Å². The zero-order valence-corrected chi connectivity index (χ0v) is 23.5. The van der Waals surface area contributed by atoms with E-state index >= 15 is 0 Å². The average Bonchev–Trinajstić information content (AvgIpc) is 3.02. The molecular formula is C29H35F2N5O5. The van der Waals surface area contributed by atoms with Crippen molar-refractivity contribution in [3.05, 3.63) is 53.9 Å². The molecule has 0 unspecified atom stereocenters. The monoisotopic (exact) mass is 571 g/mol. The Balaban J connectivity index is 1.19. The van der Waals surface area contributed by atoms with Crippen LogP contribution in [0.15, 0.2) is 36.7 Å². The maximum absolute atomic E-state index is 14.6. The van der Waals surface area contributed by atoms with Gasteiger partial charge < -0.3 is 33.9 Å². The van der Waals surface area contributed by atoms with Gasteiger partial charge in [-0.1, -0.05) is 0 Å². The number of hydrogen-bond acceptors (Lipinski definition) is 10. The smallest absolute Gasteiger partial charge is 0.227 e. The number of ether oxygens (including phenoxy) is 5. The number of nitrogens with zero attached hydrogens (tertiary/aromatic N) is 4. The van der Waals surface area contributed by atoms with E-state index in [-0.39, 0.29) is 22.8 Å². The number of morpholine rings is 1. The fourth-order valence-corrected chi connectivity index (χ4v) is 5.23. The van der Waals surface area contributed by atoms with E-state index in [4.69, 9.17) is 23.7 Å². The summed E-state index contributed by atoms with van der Waals surface area (Å²) in [7, 11) is 4.24. The van der Waals surface area contributed by atoms with Crippen molar-refractivity contribution in [3.8, 4) is 23.0 Å². The predicted octanol–water partition coefficient (Wildman–Crippen LogP) is 4.40. The van der Waals surface area contributed by atoms with E-state index < -0.39 is 18.2 Å². The van der Waals surface area contributed by atoms with Crippen LogP contribution in [0, 0.1) is 11.6 Å². The molecule has 2 aromatic carbocycles. The fourth-order valence-electron chi connectivity index (χ4n) is 5.23. The zero-order valence-electron chi connectivity index (χ0n) is 23.5. The summed E-state index contributed by atoms with van der Waals surface area (Å²) in [6.45, 7) is 5.19. The molecule has 2 fully saturated rings. The molecule has 0 atom stereocenters. The number of anilines is 3. The first-order chi connectivity index (χ1) is 20.0. The molecule has 3 aromatic rings. The van der Waals surface area contributed by atoms with Gasteiger partial charge in [0.1, 0.15) is 12.4 Å². The number of methoxy groups -OCH3 is 3. The zero-order chi connectivity index (χ0) is 28.8. The van der Waals surface area contributed by atoms with Gasteiger partial charge in [-0.2, -0.15) is 0 Å². The average molecular weight is 572 g/mol. The second kappa shape index (κ2) is 13.2. The summed E-state index contributed by atoms with van der Waals surface area (Å²) in [6, 6.07) is 7.66. The normalized spacial score (nSPS) is 16.4. The molecule has 0 amide bonds. The van der Waals surface area contributed by atoms with Gasteiger partial charge in [-0.3, -0.25) is 4.90 Å². The third-order valence-corrected chi connectivity index (χ3v) is 7.48. The minimum atomic E-state index is -0.858. The molecule has 12 heteroatoms. The summed E-state index contributed by atoms with van der Waals surface area (Å²) < 4.78 is 55.9. The lowest BCUT2D eigenvalue weighted by molar-refractivity contribution is 0.0115. The second-order valence-corrected chi connectivity index (χ2v) is 9.80. The summed E-state index contributed by atoms with van der Waals surface area (Å²) in [5.41, 5.74) is 1.49. The molecule has 0 spiro atoms. The van der Waals surface area contributed by atoms with Crippen molar-refractivity contribution in [2.75, 3.05) is 70.9 Å². The molecular weight excluding hydrogens is 536 g/mol. The first kappa shape index (κ1) is 28.6.